The number of para-hydroxylation sites is 1. The molecule has 1 aromatic carbocycles. The second-order valence-corrected chi connectivity index (χ2v) is 3.16. The lowest BCUT2D eigenvalue weighted by Gasteiger charge is -2.00. The molecular formula is C10H13N3. The molecule has 0 aliphatic heterocycles. The number of nitrogens with zero attached hydrogens (tertiary/aromatic N) is 2. The van der Waals surface area contributed by atoms with Crippen LogP contribution < -0.4 is 5.73 Å². The Bertz CT molecular complexity index is 443. The van der Waals surface area contributed by atoms with Gasteiger partial charge in [-0.3, -0.25) is 0 Å². The fourth-order valence-corrected chi connectivity index (χ4v) is 1.64. The van der Waals surface area contributed by atoms with Crippen molar-refractivity contribution in [2.75, 3.05) is 5.73 Å². The minimum atomic E-state index is 0.604. The summed E-state index contributed by atoms with van der Waals surface area (Å²) in [5.41, 5.74) is 9.10. The zero-order valence-corrected chi connectivity index (χ0v) is 7.91. The summed E-state index contributed by atoms with van der Waals surface area (Å²) in [5.74, 6) is 0.604. The van der Waals surface area contributed by atoms with Gasteiger partial charge in [-0.25, -0.2) is 4.98 Å². The summed E-state index contributed by atoms with van der Waals surface area (Å²) < 4.78 is 2.02. The Labute approximate surface area is 77.2 Å². The molecule has 2 N–H and O–H groups in total. The van der Waals surface area contributed by atoms with E-state index in [4.69, 9.17) is 5.73 Å². The van der Waals surface area contributed by atoms with Gasteiger partial charge in [0.15, 0.2) is 0 Å². The van der Waals surface area contributed by atoms with Crippen LogP contribution in [0.25, 0.3) is 11.0 Å². The van der Waals surface area contributed by atoms with Crippen LogP contribution >= 0.6 is 0 Å². The van der Waals surface area contributed by atoms with E-state index in [2.05, 4.69) is 31.0 Å². The molecule has 0 bridgehead atoms. The number of imidazole rings is 1. The SMILES string of the molecule is CCn1c(N)nc2c(C)cccc21. The van der Waals surface area contributed by atoms with E-state index in [1.54, 1.807) is 0 Å². The topological polar surface area (TPSA) is 43.8 Å². The summed E-state index contributed by atoms with van der Waals surface area (Å²) in [6.07, 6.45) is 0. The maximum absolute atomic E-state index is 5.78. The summed E-state index contributed by atoms with van der Waals surface area (Å²) in [5, 5.41) is 0. The average molecular weight is 175 g/mol. The third kappa shape index (κ3) is 1.08. The maximum Gasteiger partial charge on any atom is 0.201 e. The number of aryl methyl sites for hydroxylation is 2. The Morgan fingerprint density at radius 1 is 1.46 bits per heavy atom. The van der Waals surface area contributed by atoms with Crippen molar-refractivity contribution in [2.45, 2.75) is 20.4 Å². The van der Waals surface area contributed by atoms with Crippen LogP contribution in [-0.2, 0) is 6.54 Å². The second kappa shape index (κ2) is 2.76. The Hall–Kier alpha value is -1.51. The van der Waals surface area contributed by atoms with Gasteiger partial charge in [0.1, 0.15) is 0 Å². The molecule has 0 spiro atoms. The van der Waals surface area contributed by atoms with Gasteiger partial charge < -0.3 is 10.3 Å². The van der Waals surface area contributed by atoms with Crippen molar-refractivity contribution < 1.29 is 0 Å². The first kappa shape index (κ1) is 8.10. The Balaban J connectivity index is 2.86. The van der Waals surface area contributed by atoms with Crippen molar-refractivity contribution in [3.05, 3.63) is 23.8 Å². The normalized spacial score (nSPS) is 10.9. The molecule has 0 saturated carbocycles. The number of hydrogen-bond acceptors (Lipinski definition) is 2. The minimum absolute atomic E-state index is 0.604. The molecule has 2 aromatic rings. The first-order chi connectivity index (χ1) is 6.24. The highest BCUT2D eigenvalue weighted by atomic mass is 15.1. The number of anilines is 1. The predicted octanol–water partition coefficient (Wildman–Crippen LogP) is 1.95. The number of aromatic nitrogens is 2. The van der Waals surface area contributed by atoms with Crippen LogP contribution in [0.4, 0.5) is 5.95 Å². The molecule has 3 nitrogen and oxygen atoms in total. The third-order valence-corrected chi connectivity index (χ3v) is 2.33. The molecule has 1 aromatic heterocycles. The largest absolute Gasteiger partial charge is 0.369 e. The Morgan fingerprint density at radius 2 is 2.23 bits per heavy atom. The van der Waals surface area contributed by atoms with Crippen molar-refractivity contribution in [2.24, 2.45) is 0 Å². The van der Waals surface area contributed by atoms with Gasteiger partial charge in [-0.15, -0.1) is 0 Å². The van der Waals surface area contributed by atoms with Crippen LogP contribution in [0, 0.1) is 6.92 Å². The van der Waals surface area contributed by atoms with Crippen molar-refractivity contribution in [3.63, 3.8) is 0 Å². The van der Waals surface area contributed by atoms with Crippen LogP contribution in [0.15, 0.2) is 18.2 Å². The number of rotatable bonds is 1. The second-order valence-electron chi connectivity index (χ2n) is 3.16. The number of hydrogen-bond donors (Lipinski definition) is 1. The number of nitrogen functional groups attached to an aromatic ring is 1. The van der Waals surface area contributed by atoms with E-state index in [-0.39, 0.29) is 0 Å². The first-order valence-electron chi connectivity index (χ1n) is 4.45. The van der Waals surface area contributed by atoms with E-state index in [0.29, 0.717) is 5.95 Å². The van der Waals surface area contributed by atoms with E-state index in [0.717, 1.165) is 17.6 Å². The van der Waals surface area contributed by atoms with Gasteiger partial charge >= 0.3 is 0 Å². The van der Waals surface area contributed by atoms with Gasteiger partial charge in [0.2, 0.25) is 5.95 Å². The maximum atomic E-state index is 5.78. The highest BCUT2D eigenvalue weighted by molar-refractivity contribution is 5.81. The van der Waals surface area contributed by atoms with Gasteiger partial charge in [-0.2, -0.15) is 0 Å². The highest BCUT2D eigenvalue weighted by Crippen LogP contribution is 2.20. The molecule has 0 amide bonds. The zero-order chi connectivity index (χ0) is 9.42. The molecule has 0 radical (unpaired) electrons. The highest BCUT2D eigenvalue weighted by Gasteiger charge is 2.06. The summed E-state index contributed by atoms with van der Waals surface area (Å²) in [6, 6.07) is 6.13. The van der Waals surface area contributed by atoms with Crippen molar-refractivity contribution in [3.8, 4) is 0 Å². The number of fused-ring (bicyclic) bond motifs is 1. The lowest BCUT2D eigenvalue weighted by atomic mass is 10.2. The molecule has 0 saturated heterocycles. The molecule has 0 aliphatic rings. The van der Waals surface area contributed by atoms with Gasteiger partial charge in [0, 0.05) is 6.54 Å². The van der Waals surface area contributed by atoms with Crippen LogP contribution in [-0.4, -0.2) is 9.55 Å². The van der Waals surface area contributed by atoms with Gasteiger partial charge in [-0.1, -0.05) is 12.1 Å². The molecule has 0 atom stereocenters. The molecule has 13 heavy (non-hydrogen) atoms. The molecule has 1 heterocycles. The molecule has 0 unspecified atom stereocenters. The van der Waals surface area contributed by atoms with Gasteiger partial charge in [-0.05, 0) is 25.5 Å². The summed E-state index contributed by atoms with van der Waals surface area (Å²) in [4.78, 5) is 4.32. The number of benzene rings is 1. The Morgan fingerprint density at radius 3 is 2.92 bits per heavy atom. The van der Waals surface area contributed by atoms with E-state index in [1.807, 2.05) is 10.6 Å². The minimum Gasteiger partial charge on any atom is -0.369 e. The van der Waals surface area contributed by atoms with Gasteiger partial charge in [0.25, 0.3) is 0 Å². The van der Waals surface area contributed by atoms with Crippen molar-refractivity contribution >= 4 is 17.0 Å². The smallest absolute Gasteiger partial charge is 0.201 e. The Kier molecular flexibility index (Phi) is 1.72. The third-order valence-electron chi connectivity index (χ3n) is 2.33. The lowest BCUT2D eigenvalue weighted by Crippen LogP contribution is -2.00. The number of nitrogens with two attached hydrogens (primary N) is 1. The average Bonchev–Trinajstić information content (AvgIpc) is 2.43. The molecule has 68 valence electrons. The predicted molar refractivity (Wildman–Crippen MR) is 54.6 cm³/mol. The molecule has 3 heteroatoms. The van der Waals surface area contributed by atoms with E-state index >= 15 is 0 Å². The standard InChI is InChI=1S/C10H13N3/c1-3-13-8-6-4-5-7(2)9(8)12-10(13)11/h4-6H,3H2,1-2H3,(H2,11,12). The first-order valence-corrected chi connectivity index (χ1v) is 4.45. The molecule has 0 aliphatic carbocycles. The zero-order valence-electron chi connectivity index (χ0n) is 7.91. The molecule has 2 rings (SSSR count). The molecule has 0 fully saturated rings. The summed E-state index contributed by atoms with van der Waals surface area (Å²) in [6.45, 7) is 4.99. The fourth-order valence-electron chi connectivity index (χ4n) is 1.64. The van der Waals surface area contributed by atoms with Crippen molar-refractivity contribution in [1.29, 1.82) is 0 Å². The summed E-state index contributed by atoms with van der Waals surface area (Å²) in [7, 11) is 0. The van der Waals surface area contributed by atoms with Gasteiger partial charge in [0.05, 0.1) is 11.0 Å². The fraction of sp³-hybridized carbons (Fsp3) is 0.300. The van der Waals surface area contributed by atoms with E-state index in [9.17, 15) is 0 Å². The van der Waals surface area contributed by atoms with Crippen molar-refractivity contribution in [1.82, 2.24) is 9.55 Å². The summed E-state index contributed by atoms with van der Waals surface area (Å²) >= 11 is 0. The lowest BCUT2D eigenvalue weighted by molar-refractivity contribution is 0.800. The quantitative estimate of drug-likeness (QED) is 0.719. The van der Waals surface area contributed by atoms with Crippen LogP contribution in [0.5, 0.6) is 0 Å². The van der Waals surface area contributed by atoms with Crippen LogP contribution in [0.3, 0.4) is 0 Å². The van der Waals surface area contributed by atoms with E-state index in [1.165, 1.54) is 5.56 Å². The molecular weight excluding hydrogens is 162 g/mol. The monoisotopic (exact) mass is 175 g/mol. The van der Waals surface area contributed by atoms with E-state index < -0.39 is 0 Å². The van der Waals surface area contributed by atoms with Crippen LogP contribution in [0.2, 0.25) is 0 Å². The van der Waals surface area contributed by atoms with Crippen LogP contribution in [0.1, 0.15) is 12.5 Å².